The van der Waals surface area contributed by atoms with Gasteiger partial charge in [-0.05, 0) is 13.3 Å². The van der Waals surface area contributed by atoms with E-state index in [0.717, 1.165) is 4.57 Å². The van der Waals surface area contributed by atoms with Crippen molar-refractivity contribution in [2.75, 3.05) is 13.1 Å². The van der Waals surface area contributed by atoms with Gasteiger partial charge in [0.2, 0.25) is 11.8 Å². The van der Waals surface area contributed by atoms with Crippen molar-refractivity contribution in [2.45, 2.75) is 50.0 Å². The lowest BCUT2D eigenvalue weighted by Gasteiger charge is -2.34. The molecule has 12 nitrogen and oxygen atoms in total. The summed E-state index contributed by atoms with van der Waals surface area (Å²) in [7, 11) is 2.85. The zero-order chi connectivity index (χ0) is 22.7. The van der Waals surface area contributed by atoms with Gasteiger partial charge in [-0.15, -0.1) is 0 Å². The first-order chi connectivity index (χ1) is 14.5. The number of nitrogens with zero attached hydrogens (tertiary/aromatic N) is 5. The SMILES string of the molecule is Cn1c(=O)c2c(ncn2[C@@H]2CN(C(=O)[C@@H]3CCC(=O)N3)C[C@@H](O)C[C@@]2(C)O)n(C)c1=O. The minimum absolute atomic E-state index is 0.00722. The molecule has 2 aromatic rings. The van der Waals surface area contributed by atoms with E-state index in [0.29, 0.717) is 6.42 Å². The number of aryl methyl sites for hydroxylation is 1. The topological polar surface area (TPSA) is 152 Å². The van der Waals surface area contributed by atoms with E-state index in [4.69, 9.17) is 0 Å². The first-order valence-corrected chi connectivity index (χ1v) is 10.1. The predicted octanol–water partition coefficient (Wildman–Crippen LogP) is -2.40. The maximum atomic E-state index is 13.0. The van der Waals surface area contributed by atoms with Crippen molar-refractivity contribution in [2.24, 2.45) is 14.1 Å². The van der Waals surface area contributed by atoms with Crippen molar-refractivity contribution in [3.8, 4) is 0 Å². The molecule has 2 aliphatic heterocycles. The number of hydrogen-bond donors (Lipinski definition) is 3. The molecule has 0 spiro atoms. The Morgan fingerprint density at radius 1 is 1.23 bits per heavy atom. The number of imidazole rings is 1. The lowest BCUT2D eigenvalue weighted by atomic mass is 9.91. The number of aliphatic hydroxyl groups is 2. The van der Waals surface area contributed by atoms with Crippen LogP contribution in [0.1, 0.15) is 32.2 Å². The van der Waals surface area contributed by atoms with Gasteiger partial charge in [0.25, 0.3) is 5.56 Å². The summed E-state index contributed by atoms with van der Waals surface area (Å²) in [5, 5.41) is 24.3. The molecule has 12 heteroatoms. The zero-order valence-electron chi connectivity index (χ0n) is 17.6. The molecular formula is C19H26N6O6. The Hall–Kier alpha value is -2.99. The van der Waals surface area contributed by atoms with Crippen molar-refractivity contribution in [3.63, 3.8) is 0 Å². The van der Waals surface area contributed by atoms with E-state index < -0.39 is 35.0 Å². The molecule has 4 rings (SSSR count). The van der Waals surface area contributed by atoms with Gasteiger partial charge in [-0.2, -0.15) is 0 Å². The lowest BCUT2D eigenvalue weighted by molar-refractivity contribution is -0.135. The first-order valence-electron chi connectivity index (χ1n) is 10.1. The number of aromatic nitrogens is 4. The Kier molecular flexibility index (Phi) is 5.01. The fourth-order valence-electron chi connectivity index (χ4n) is 4.60. The van der Waals surface area contributed by atoms with Gasteiger partial charge in [0, 0.05) is 40.0 Å². The maximum absolute atomic E-state index is 13.0. The Labute approximate surface area is 176 Å². The number of hydrogen-bond acceptors (Lipinski definition) is 7. The molecular weight excluding hydrogens is 408 g/mol. The Morgan fingerprint density at radius 2 is 1.94 bits per heavy atom. The van der Waals surface area contributed by atoms with Crippen LogP contribution in [-0.4, -0.2) is 76.4 Å². The fraction of sp³-hybridized carbons (Fsp3) is 0.632. The quantitative estimate of drug-likeness (QED) is 0.476. The summed E-state index contributed by atoms with van der Waals surface area (Å²) >= 11 is 0. The minimum Gasteiger partial charge on any atom is -0.391 e. The smallest absolute Gasteiger partial charge is 0.332 e. The highest BCUT2D eigenvalue weighted by Gasteiger charge is 2.43. The molecule has 0 unspecified atom stereocenters. The highest BCUT2D eigenvalue weighted by Crippen LogP contribution is 2.33. The molecule has 31 heavy (non-hydrogen) atoms. The maximum Gasteiger partial charge on any atom is 0.332 e. The second-order valence-corrected chi connectivity index (χ2v) is 8.66. The van der Waals surface area contributed by atoms with Crippen molar-refractivity contribution >= 4 is 23.0 Å². The average molecular weight is 434 g/mol. The van der Waals surface area contributed by atoms with Gasteiger partial charge in [-0.3, -0.25) is 23.5 Å². The number of nitrogens with one attached hydrogen (secondary N) is 1. The van der Waals surface area contributed by atoms with E-state index in [1.54, 1.807) is 0 Å². The minimum atomic E-state index is -1.49. The third-order valence-corrected chi connectivity index (χ3v) is 6.31. The monoisotopic (exact) mass is 434 g/mol. The molecule has 0 radical (unpaired) electrons. The number of rotatable bonds is 2. The summed E-state index contributed by atoms with van der Waals surface area (Å²) in [5.74, 6) is -0.556. The summed E-state index contributed by atoms with van der Waals surface area (Å²) in [6, 6.07) is -1.50. The number of likely N-dealkylation sites (tertiary alicyclic amines) is 1. The molecule has 168 valence electrons. The van der Waals surface area contributed by atoms with Crippen LogP contribution < -0.4 is 16.6 Å². The molecule has 2 amide bonds. The first kappa shape index (κ1) is 21.2. The van der Waals surface area contributed by atoms with E-state index in [2.05, 4.69) is 10.3 Å². The lowest BCUT2D eigenvalue weighted by Crippen LogP contribution is -2.49. The third-order valence-electron chi connectivity index (χ3n) is 6.31. The second-order valence-electron chi connectivity index (χ2n) is 8.66. The average Bonchev–Trinajstić information content (AvgIpc) is 3.30. The molecule has 0 aliphatic carbocycles. The molecule has 0 bridgehead atoms. The van der Waals surface area contributed by atoms with Crippen molar-refractivity contribution in [1.82, 2.24) is 28.9 Å². The van der Waals surface area contributed by atoms with Crippen LogP contribution in [0.5, 0.6) is 0 Å². The number of aliphatic hydroxyl groups excluding tert-OH is 1. The van der Waals surface area contributed by atoms with Crippen LogP contribution in [0.25, 0.3) is 11.2 Å². The van der Waals surface area contributed by atoms with Gasteiger partial charge >= 0.3 is 5.69 Å². The largest absolute Gasteiger partial charge is 0.391 e. The van der Waals surface area contributed by atoms with E-state index >= 15 is 0 Å². The zero-order valence-corrected chi connectivity index (χ0v) is 17.6. The molecule has 2 saturated heterocycles. The third kappa shape index (κ3) is 3.45. The summed E-state index contributed by atoms with van der Waals surface area (Å²) < 4.78 is 3.67. The van der Waals surface area contributed by atoms with E-state index in [1.807, 2.05) is 0 Å². The van der Waals surface area contributed by atoms with Crippen LogP contribution in [-0.2, 0) is 23.7 Å². The van der Waals surface area contributed by atoms with Crippen molar-refractivity contribution in [3.05, 3.63) is 27.2 Å². The molecule has 2 aliphatic rings. The normalized spacial score (nSPS) is 29.3. The van der Waals surface area contributed by atoms with Crippen LogP contribution in [0.2, 0.25) is 0 Å². The van der Waals surface area contributed by atoms with Gasteiger partial charge in [0.1, 0.15) is 6.04 Å². The van der Waals surface area contributed by atoms with Gasteiger partial charge in [0.05, 0.1) is 24.1 Å². The standard InChI is InChI=1S/C19H26N6O6/c1-19(31)6-10(26)7-24(16(28)11-4-5-13(27)21-11)8-12(19)25-9-20-15-14(25)17(29)23(3)18(30)22(15)2/h9-12,26,31H,4-8H2,1-3H3,(H,21,27)/t10-,11-,12+,19+/m0/s1. The molecule has 2 aromatic heterocycles. The molecule has 3 N–H and O–H groups in total. The number of β-amino-alcohol motifs (C(OH)–C–C–N with tert-alkyl or cyclic N) is 1. The fourth-order valence-corrected chi connectivity index (χ4v) is 4.60. The molecule has 0 aromatic carbocycles. The van der Waals surface area contributed by atoms with Crippen molar-refractivity contribution < 1.29 is 19.8 Å². The van der Waals surface area contributed by atoms with E-state index in [-0.39, 0.29) is 48.9 Å². The highest BCUT2D eigenvalue weighted by atomic mass is 16.3. The Morgan fingerprint density at radius 3 is 2.58 bits per heavy atom. The van der Waals surface area contributed by atoms with Gasteiger partial charge in [-0.25, -0.2) is 9.78 Å². The van der Waals surface area contributed by atoms with Crippen LogP contribution >= 0.6 is 0 Å². The summed E-state index contributed by atoms with van der Waals surface area (Å²) in [4.78, 5) is 55.3. The summed E-state index contributed by atoms with van der Waals surface area (Å²) in [5.41, 5.74) is -2.31. The number of carbonyl (C=O) groups is 2. The molecule has 4 heterocycles. The van der Waals surface area contributed by atoms with Gasteiger partial charge in [0.15, 0.2) is 11.2 Å². The molecule has 4 atom stereocenters. The van der Waals surface area contributed by atoms with E-state index in [9.17, 15) is 29.4 Å². The highest BCUT2D eigenvalue weighted by molar-refractivity contribution is 5.90. The number of amides is 2. The van der Waals surface area contributed by atoms with Crippen LogP contribution in [0.3, 0.4) is 0 Å². The van der Waals surface area contributed by atoms with E-state index in [1.165, 1.54) is 41.4 Å². The van der Waals surface area contributed by atoms with Crippen LogP contribution in [0.15, 0.2) is 15.9 Å². The van der Waals surface area contributed by atoms with Gasteiger partial charge < -0.3 is 25.0 Å². The predicted molar refractivity (Wildman–Crippen MR) is 108 cm³/mol. The van der Waals surface area contributed by atoms with Crippen LogP contribution in [0, 0.1) is 0 Å². The Bertz CT molecular complexity index is 1180. The van der Waals surface area contributed by atoms with Gasteiger partial charge in [-0.1, -0.05) is 0 Å². The molecule has 0 saturated carbocycles. The Balaban J connectivity index is 1.80. The summed E-state index contributed by atoms with van der Waals surface area (Å²) in [6.45, 7) is 1.51. The number of fused-ring (bicyclic) bond motifs is 1. The number of carbonyl (C=O) groups excluding carboxylic acids is 2. The second kappa shape index (κ2) is 7.31. The van der Waals surface area contributed by atoms with Crippen LogP contribution in [0.4, 0.5) is 0 Å². The molecule has 2 fully saturated rings. The summed E-state index contributed by atoms with van der Waals surface area (Å²) in [6.07, 6.45) is 0.946. The van der Waals surface area contributed by atoms with Crippen molar-refractivity contribution in [1.29, 1.82) is 0 Å².